The number of nitrogens with zero attached hydrogens (tertiary/aromatic N) is 1. The Balaban J connectivity index is 1.96. The standard InChI is InChI=1S/C14H17ClN2S/c1-18-14-4-2-3-13(14)17-9-11-6-5-10(8-16)7-12(11)15/h5-7,13-14,17H,2-4,9H2,1H3. The summed E-state index contributed by atoms with van der Waals surface area (Å²) in [7, 11) is 0. The van der Waals surface area contributed by atoms with E-state index in [1.165, 1.54) is 19.3 Å². The van der Waals surface area contributed by atoms with Gasteiger partial charge >= 0.3 is 0 Å². The number of nitrogens with one attached hydrogen (secondary N) is 1. The molecule has 0 bridgehead atoms. The molecule has 0 amide bonds. The summed E-state index contributed by atoms with van der Waals surface area (Å²) in [6.07, 6.45) is 6.04. The maximum absolute atomic E-state index is 8.80. The number of nitriles is 1. The Morgan fingerprint density at radius 3 is 3.00 bits per heavy atom. The van der Waals surface area contributed by atoms with Crippen LogP contribution in [0.4, 0.5) is 0 Å². The molecule has 2 nitrogen and oxygen atoms in total. The van der Waals surface area contributed by atoms with Gasteiger partial charge in [-0.1, -0.05) is 24.1 Å². The second kappa shape index (κ2) is 6.47. The van der Waals surface area contributed by atoms with Crippen LogP contribution in [0.25, 0.3) is 0 Å². The van der Waals surface area contributed by atoms with Crippen LogP contribution < -0.4 is 5.32 Å². The van der Waals surface area contributed by atoms with Crippen molar-refractivity contribution in [1.82, 2.24) is 5.32 Å². The zero-order valence-electron chi connectivity index (χ0n) is 10.4. The monoisotopic (exact) mass is 280 g/mol. The third kappa shape index (κ3) is 3.20. The lowest BCUT2D eigenvalue weighted by atomic mass is 10.1. The highest BCUT2D eigenvalue weighted by molar-refractivity contribution is 7.99. The lowest BCUT2D eigenvalue weighted by molar-refractivity contribution is 0.532. The van der Waals surface area contributed by atoms with E-state index in [1.807, 2.05) is 23.9 Å². The van der Waals surface area contributed by atoms with Crippen molar-refractivity contribution in [3.8, 4) is 6.07 Å². The van der Waals surface area contributed by atoms with Gasteiger partial charge in [-0.15, -0.1) is 0 Å². The largest absolute Gasteiger partial charge is 0.309 e. The summed E-state index contributed by atoms with van der Waals surface area (Å²) >= 11 is 8.11. The first-order chi connectivity index (χ1) is 8.74. The molecule has 0 saturated heterocycles. The van der Waals surface area contributed by atoms with Crippen LogP contribution in [-0.4, -0.2) is 17.5 Å². The molecule has 4 heteroatoms. The van der Waals surface area contributed by atoms with Crippen LogP contribution in [-0.2, 0) is 6.54 Å². The summed E-state index contributed by atoms with van der Waals surface area (Å²) in [5.41, 5.74) is 1.69. The van der Waals surface area contributed by atoms with Crippen molar-refractivity contribution in [2.24, 2.45) is 0 Å². The van der Waals surface area contributed by atoms with Crippen LogP contribution in [0.5, 0.6) is 0 Å². The molecule has 2 atom stereocenters. The van der Waals surface area contributed by atoms with E-state index in [0.717, 1.165) is 17.4 Å². The third-order valence-corrected chi connectivity index (χ3v) is 5.01. The third-order valence-electron chi connectivity index (χ3n) is 3.49. The topological polar surface area (TPSA) is 35.8 Å². The maximum Gasteiger partial charge on any atom is 0.0992 e. The maximum atomic E-state index is 8.80. The molecule has 0 heterocycles. The number of hydrogen-bond donors (Lipinski definition) is 1. The van der Waals surface area contributed by atoms with E-state index in [1.54, 1.807) is 6.07 Å². The van der Waals surface area contributed by atoms with Gasteiger partial charge in [-0.3, -0.25) is 0 Å². The predicted molar refractivity (Wildman–Crippen MR) is 77.9 cm³/mol. The van der Waals surface area contributed by atoms with Crippen molar-refractivity contribution < 1.29 is 0 Å². The first kappa shape index (κ1) is 13.7. The molecule has 1 aromatic rings. The molecule has 1 aliphatic carbocycles. The molecule has 1 fully saturated rings. The highest BCUT2D eigenvalue weighted by Gasteiger charge is 2.25. The number of hydrogen-bond acceptors (Lipinski definition) is 3. The molecule has 96 valence electrons. The first-order valence-electron chi connectivity index (χ1n) is 6.19. The lowest BCUT2D eigenvalue weighted by Crippen LogP contribution is -2.33. The fraction of sp³-hybridized carbons (Fsp3) is 0.500. The van der Waals surface area contributed by atoms with Gasteiger partial charge in [0, 0.05) is 22.9 Å². The predicted octanol–water partition coefficient (Wildman–Crippen LogP) is 3.59. The molecular weight excluding hydrogens is 264 g/mol. The number of rotatable bonds is 4. The summed E-state index contributed by atoms with van der Waals surface area (Å²) in [4.78, 5) is 0. The summed E-state index contributed by atoms with van der Waals surface area (Å²) in [5.74, 6) is 0. The Hall–Kier alpha value is -0.690. The van der Waals surface area contributed by atoms with Crippen molar-refractivity contribution in [3.05, 3.63) is 34.3 Å². The first-order valence-corrected chi connectivity index (χ1v) is 7.86. The van der Waals surface area contributed by atoms with Gasteiger partial charge in [0.2, 0.25) is 0 Å². The molecule has 18 heavy (non-hydrogen) atoms. The minimum absolute atomic E-state index is 0.590. The SMILES string of the molecule is CSC1CCCC1NCc1ccc(C#N)cc1Cl. The molecule has 0 radical (unpaired) electrons. The quantitative estimate of drug-likeness (QED) is 0.916. The van der Waals surface area contributed by atoms with Crippen molar-refractivity contribution in [2.45, 2.75) is 37.1 Å². The molecule has 2 rings (SSSR count). The summed E-state index contributed by atoms with van der Waals surface area (Å²) in [5, 5.41) is 13.8. The van der Waals surface area contributed by atoms with E-state index in [2.05, 4.69) is 17.6 Å². The van der Waals surface area contributed by atoms with Crippen LogP contribution in [0.1, 0.15) is 30.4 Å². The second-order valence-corrected chi connectivity index (χ2v) is 6.09. The van der Waals surface area contributed by atoms with Gasteiger partial charge < -0.3 is 5.32 Å². The zero-order valence-corrected chi connectivity index (χ0v) is 12.0. The fourth-order valence-corrected chi connectivity index (χ4v) is 3.65. The van der Waals surface area contributed by atoms with Crippen LogP contribution >= 0.6 is 23.4 Å². The summed E-state index contributed by atoms with van der Waals surface area (Å²) in [6.45, 7) is 0.784. The van der Waals surface area contributed by atoms with Gasteiger partial charge in [-0.25, -0.2) is 0 Å². The smallest absolute Gasteiger partial charge is 0.0992 e. The molecule has 2 unspecified atom stereocenters. The highest BCUT2D eigenvalue weighted by atomic mass is 35.5. The molecule has 0 aliphatic heterocycles. The second-order valence-electron chi connectivity index (χ2n) is 4.61. The van der Waals surface area contributed by atoms with E-state index < -0.39 is 0 Å². The van der Waals surface area contributed by atoms with E-state index in [9.17, 15) is 0 Å². The lowest BCUT2D eigenvalue weighted by Gasteiger charge is -2.19. The van der Waals surface area contributed by atoms with Crippen molar-refractivity contribution >= 4 is 23.4 Å². The number of thioether (sulfide) groups is 1. The molecular formula is C14H17ClN2S. The van der Waals surface area contributed by atoms with Gasteiger partial charge in [0.25, 0.3) is 0 Å². The van der Waals surface area contributed by atoms with Gasteiger partial charge in [-0.05, 0) is 36.8 Å². The van der Waals surface area contributed by atoms with Crippen LogP contribution in [0.3, 0.4) is 0 Å². The molecule has 1 saturated carbocycles. The molecule has 0 spiro atoms. The Labute approximate surface area is 118 Å². The molecule has 1 aliphatic rings. The number of benzene rings is 1. The van der Waals surface area contributed by atoms with E-state index >= 15 is 0 Å². The molecule has 1 N–H and O–H groups in total. The Bertz CT molecular complexity index is 456. The van der Waals surface area contributed by atoms with E-state index in [-0.39, 0.29) is 0 Å². The van der Waals surface area contributed by atoms with Crippen molar-refractivity contribution in [1.29, 1.82) is 5.26 Å². The van der Waals surface area contributed by atoms with Crippen LogP contribution in [0.15, 0.2) is 18.2 Å². The number of halogens is 1. The minimum Gasteiger partial charge on any atom is -0.309 e. The average molecular weight is 281 g/mol. The average Bonchev–Trinajstić information content (AvgIpc) is 2.84. The van der Waals surface area contributed by atoms with Crippen molar-refractivity contribution in [3.63, 3.8) is 0 Å². The van der Waals surface area contributed by atoms with Gasteiger partial charge in [0.15, 0.2) is 0 Å². The van der Waals surface area contributed by atoms with Crippen molar-refractivity contribution in [2.75, 3.05) is 6.26 Å². The van der Waals surface area contributed by atoms with Gasteiger partial charge in [0.05, 0.1) is 11.6 Å². The van der Waals surface area contributed by atoms with E-state index in [0.29, 0.717) is 16.6 Å². The van der Waals surface area contributed by atoms with Gasteiger partial charge in [-0.2, -0.15) is 17.0 Å². The van der Waals surface area contributed by atoms with Gasteiger partial charge in [0.1, 0.15) is 0 Å². The normalized spacial score (nSPS) is 22.9. The Morgan fingerprint density at radius 2 is 2.33 bits per heavy atom. The summed E-state index contributed by atoms with van der Waals surface area (Å²) < 4.78 is 0. The van der Waals surface area contributed by atoms with E-state index in [4.69, 9.17) is 16.9 Å². The highest BCUT2D eigenvalue weighted by Crippen LogP contribution is 2.29. The van der Waals surface area contributed by atoms with Crippen LogP contribution in [0, 0.1) is 11.3 Å². The fourth-order valence-electron chi connectivity index (χ4n) is 2.44. The molecule has 1 aromatic carbocycles. The zero-order chi connectivity index (χ0) is 13.0. The Kier molecular flexibility index (Phi) is 4.94. The summed E-state index contributed by atoms with van der Waals surface area (Å²) in [6, 6.07) is 8.19. The van der Waals surface area contributed by atoms with Crippen LogP contribution in [0.2, 0.25) is 5.02 Å². The molecule has 0 aromatic heterocycles. The minimum atomic E-state index is 0.590. The Morgan fingerprint density at radius 1 is 1.50 bits per heavy atom.